The molecule has 2 unspecified atom stereocenters. The van der Waals surface area contributed by atoms with Crippen LogP contribution in [0.3, 0.4) is 0 Å². The summed E-state index contributed by atoms with van der Waals surface area (Å²) in [7, 11) is 1.17. The van der Waals surface area contributed by atoms with Gasteiger partial charge in [-0.3, -0.25) is 9.89 Å². The number of hydrogen-bond donors (Lipinski definition) is 2. The van der Waals surface area contributed by atoms with Crippen LogP contribution in [0.25, 0.3) is 10.9 Å². The highest BCUT2D eigenvalue weighted by Gasteiger charge is 2.39. The molecular formula is C21H32N4OSi. The van der Waals surface area contributed by atoms with Gasteiger partial charge in [-0.1, -0.05) is 37.8 Å². The zero-order valence-electron chi connectivity index (χ0n) is 17.0. The summed E-state index contributed by atoms with van der Waals surface area (Å²) in [5.74, 6) is -0.0370. The minimum Gasteiger partial charge on any atom is -0.348 e. The van der Waals surface area contributed by atoms with Gasteiger partial charge in [-0.15, -0.1) is 0 Å². The van der Waals surface area contributed by atoms with Gasteiger partial charge in [-0.25, -0.2) is 0 Å². The van der Waals surface area contributed by atoms with Gasteiger partial charge in [0.15, 0.2) is 5.69 Å². The number of aromatic amines is 1. The lowest BCUT2D eigenvalue weighted by Gasteiger charge is -2.36. The third kappa shape index (κ3) is 3.97. The Labute approximate surface area is 162 Å². The molecule has 4 rings (SSSR count). The van der Waals surface area contributed by atoms with E-state index >= 15 is 0 Å². The van der Waals surface area contributed by atoms with E-state index in [-0.39, 0.29) is 11.9 Å². The van der Waals surface area contributed by atoms with Gasteiger partial charge in [-0.05, 0) is 50.8 Å². The molecule has 2 bridgehead atoms. The minimum absolute atomic E-state index is 0.0370. The lowest BCUT2D eigenvalue weighted by atomic mass is 9.98. The topological polar surface area (TPSA) is 61.0 Å². The summed E-state index contributed by atoms with van der Waals surface area (Å²) in [6.07, 6.45) is 5.74. The van der Waals surface area contributed by atoms with Crippen LogP contribution in [0.4, 0.5) is 0 Å². The van der Waals surface area contributed by atoms with Crippen molar-refractivity contribution in [1.29, 1.82) is 0 Å². The van der Waals surface area contributed by atoms with Crippen LogP contribution in [0.1, 0.15) is 41.7 Å². The van der Waals surface area contributed by atoms with Crippen molar-refractivity contribution in [1.82, 2.24) is 20.4 Å². The van der Waals surface area contributed by atoms with Crippen molar-refractivity contribution in [2.24, 2.45) is 0 Å². The Bertz CT molecular complexity index is 826. The van der Waals surface area contributed by atoms with E-state index in [4.69, 9.17) is 0 Å². The molecule has 27 heavy (non-hydrogen) atoms. The molecule has 0 aliphatic carbocycles. The molecule has 5 nitrogen and oxygen atoms in total. The number of nitrogens with one attached hydrogen (secondary N) is 2. The van der Waals surface area contributed by atoms with Crippen molar-refractivity contribution >= 4 is 24.9 Å². The number of hydrogen-bond acceptors (Lipinski definition) is 3. The highest BCUT2D eigenvalue weighted by atomic mass is 28.3. The fourth-order valence-electron chi connectivity index (χ4n) is 4.70. The molecule has 2 atom stereocenters. The number of H-pyrrole nitrogens is 1. The summed E-state index contributed by atoms with van der Waals surface area (Å²) >= 11 is 0. The van der Waals surface area contributed by atoms with Crippen molar-refractivity contribution in [3.8, 4) is 0 Å². The number of carbonyl (C=O) groups is 1. The predicted octanol–water partition coefficient (Wildman–Crippen LogP) is 3.80. The summed E-state index contributed by atoms with van der Waals surface area (Å²) in [5, 5.41) is 11.6. The summed E-state index contributed by atoms with van der Waals surface area (Å²) in [4.78, 5) is 15.3. The quantitative estimate of drug-likeness (QED) is 0.771. The highest BCUT2D eigenvalue weighted by Crippen LogP contribution is 2.34. The number of aryl methyl sites for hydroxylation is 1. The van der Waals surface area contributed by atoms with E-state index in [0.29, 0.717) is 17.8 Å². The molecule has 0 radical (unpaired) electrons. The molecule has 1 amide bonds. The van der Waals surface area contributed by atoms with Gasteiger partial charge in [0.25, 0.3) is 5.91 Å². The number of aromatic nitrogens is 2. The van der Waals surface area contributed by atoms with Crippen LogP contribution in [0.2, 0.25) is 25.7 Å². The lowest BCUT2D eigenvalue weighted by Crippen LogP contribution is -2.48. The first-order chi connectivity index (χ1) is 12.8. The summed E-state index contributed by atoms with van der Waals surface area (Å²) in [6.45, 7) is 7.21. The number of amides is 1. The molecule has 1 aromatic heterocycles. The lowest BCUT2D eigenvalue weighted by molar-refractivity contribution is 0.0879. The number of nitrogens with zero attached hydrogens (tertiary/aromatic N) is 2. The predicted molar refractivity (Wildman–Crippen MR) is 113 cm³/mol. The van der Waals surface area contributed by atoms with Crippen molar-refractivity contribution < 1.29 is 4.79 Å². The average molecular weight is 385 g/mol. The van der Waals surface area contributed by atoms with Gasteiger partial charge < -0.3 is 10.2 Å². The van der Waals surface area contributed by atoms with Gasteiger partial charge in [0.1, 0.15) is 0 Å². The Balaban J connectivity index is 1.45. The fourth-order valence-corrected chi connectivity index (χ4v) is 5.74. The first-order valence-electron chi connectivity index (χ1n) is 10.3. The molecular weight excluding hydrogens is 352 g/mol. The van der Waals surface area contributed by atoms with Crippen LogP contribution < -0.4 is 5.32 Å². The maximum Gasteiger partial charge on any atom is 0.272 e. The molecule has 2 saturated heterocycles. The van der Waals surface area contributed by atoms with Crippen LogP contribution >= 0.6 is 0 Å². The largest absolute Gasteiger partial charge is 0.348 e. The Morgan fingerprint density at radius 1 is 1.26 bits per heavy atom. The smallest absolute Gasteiger partial charge is 0.272 e. The van der Waals surface area contributed by atoms with E-state index in [9.17, 15) is 4.79 Å². The second-order valence-corrected chi connectivity index (χ2v) is 15.3. The maximum absolute atomic E-state index is 12.8. The molecule has 2 N–H and O–H groups in total. The molecule has 1 aromatic carbocycles. The molecule has 3 heterocycles. The molecule has 2 aliphatic rings. The molecule has 6 heteroatoms. The number of carbonyl (C=O) groups excluding carboxylic acids is 1. The number of piperidine rings is 1. The number of rotatable bonds is 5. The molecule has 2 fully saturated rings. The molecule has 2 aromatic rings. The van der Waals surface area contributed by atoms with Gasteiger partial charge in [0, 0.05) is 31.6 Å². The van der Waals surface area contributed by atoms with E-state index in [1.54, 1.807) is 0 Å². The molecule has 0 spiro atoms. The van der Waals surface area contributed by atoms with E-state index in [2.05, 4.69) is 65.3 Å². The standard InChI is InChI=1S/C21H32N4OSi/c1-25-16-6-7-17(25)13-15(12-16)22-21(26)20-18-8-5-14(9-10-27(2,3)4)11-19(18)23-24-20/h5,8,11,15-17H,6-7,9-10,12-13H2,1-4H3,(H,22,26)(H,23,24). The zero-order chi connectivity index (χ0) is 19.2. The van der Waals surface area contributed by atoms with E-state index < -0.39 is 8.07 Å². The summed E-state index contributed by atoms with van der Waals surface area (Å²) in [5.41, 5.74) is 2.83. The average Bonchev–Trinajstić information content (AvgIpc) is 3.09. The third-order valence-electron chi connectivity index (χ3n) is 6.44. The van der Waals surface area contributed by atoms with Crippen molar-refractivity contribution in [3.63, 3.8) is 0 Å². The first-order valence-corrected chi connectivity index (χ1v) is 14.0. The monoisotopic (exact) mass is 384 g/mol. The number of fused-ring (bicyclic) bond motifs is 3. The van der Waals surface area contributed by atoms with Gasteiger partial charge >= 0.3 is 0 Å². The Hall–Kier alpha value is -1.66. The van der Waals surface area contributed by atoms with E-state index in [1.807, 2.05) is 0 Å². The van der Waals surface area contributed by atoms with Gasteiger partial charge in [-0.2, -0.15) is 5.10 Å². The Morgan fingerprint density at radius 2 is 1.96 bits per heavy atom. The minimum atomic E-state index is -1.05. The van der Waals surface area contributed by atoms with Crippen LogP contribution in [-0.2, 0) is 6.42 Å². The summed E-state index contributed by atoms with van der Waals surface area (Å²) < 4.78 is 0. The molecule has 146 valence electrons. The SMILES string of the molecule is CN1C2CCC1CC(NC(=O)c1n[nH]c3cc(CC[Si](C)(C)C)ccc13)C2. The summed E-state index contributed by atoms with van der Waals surface area (Å²) in [6, 6.07) is 9.18. The van der Waals surface area contributed by atoms with E-state index in [0.717, 1.165) is 30.2 Å². The Kier molecular flexibility index (Phi) is 4.88. The second-order valence-electron chi connectivity index (χ2n) is 9.71. The maximum atomic E-state index is 12.8. The third-order valence-corrected chi connectivity index (χ3v) is 8.19. The number of benzene rings is 1. The van der Waals surface area contributed by atoms with Crippen molar-refractivity contribution in [3.05, 3.63) is 29.5 Å². The van der Waals surface area contributed by atoms with Crippen LogP contribution in [0.5, 0.6) is 0 Å². The van der Waals surface area contributed by atoms with Crippen LogP contribution in [-0.4, -0.2) is 54.3 Å². The second kappa shape index (κ2) is 7.06. The molecule has 0 saturated carbocycles. The van der Waals surface area contributed by atoms with Crippen molar-refractivity contribution in [2.45, 2.75) is 75.9 Å². The van der Waals surface area contributed by atoms with Gasteiger partial charge in [0.05, 0.1) is 5.52 Å². The van der Waals surface area contributed by atoms with Gasteiger partial charge in [0.2, 0.25) is 0 Å². The van der Waals surface area contributed by atoms with E-state index in [1.165, 1.54) is 24.4 Å². The molecule has 2 aliphatic heterocycles. The normalized spacial score (nSPS) is 25.9. The van der Waals surface area contributed by atoms with Crippen LogP contribution in [0.15, 0.2) is 18.2 Å². The Morgan fingerprint density at radius 3 is 2.63 bits per heavy atom. The fraction of sp³-hybridized carbons (Fsp3) is 0.619. The highest BCUT2D eigenvalue weighted by molar-refractivity contribution is 6.76. The first kappa shape index (κ1) is 18.7. The van der Waals surface area contributed by atoms with Crippen LogP contribution in [0, 0.1) is 0 Å². The zero-order valence-corrected chi connectivity index (χ0v) is 18.0. The van der Waals surface area contributed by atoms with Crippen molar-refractivity contribution in [2.75, 3.05) is 7.05 Å².